The van der Waals surface area contributed by atoms with E-state index in [9.17, 15) is 4.79 Å². The summed E-state index contributed by atoms with van der Waals surface area (Å²) in [6.07, 6.45) is 10.2. The highest BCUT2D eigenvalue weighted by Crippen LogP contribution is 2.21. The molecule has 5 heterocycles. The lowest BCUT2D eigenvalue weighted by Crippen LogP contribution is -2.53. The molecule has 172 valence electrons. The number of nitrogens with zero attached hydrogens (tertiary/aromatic N) is 8. The molecule has 1 aliphatic heterocycles. The van der Waals surface area contributed by atoms with Crippen LogP contribution >= 0.6 is 0 Å². The van der Waals surface area contributed by atoms with Crippen molar-refractivity contribution in [2.75, 3.05) is 34.8 Å². The Morgan fingerprint density at radius 1 is 1.00 bits per heavy atom. The Bertz CT molecular complexity index is 1260. The summed E-state index contributed by atoms with van der Waals surface area (Å²) in [6, 6.07) is 9.71. The standard InChI is InChI=1S/C24H25N9O/c1-17-15-32(22-5-3-4-8-25-22)9-10-33(17)24-27-13-20(14-28-24)30-23(34)18-6-7-21(26-11-18)19-12-29-31(2)16-19/h3-8,11-14,16-17H,9-10,15H2,1-2H3,(H,30,34)/t17-/m0/s1. The maximum absolute atomic E-state index is 12.6. The molecule has 1 amide bonds. The van der Waals surface area contributed by atoms with Gasteiger partial charge in [0, 0.05) is 56.9 Å². The number of hydrogen-bond acceptors (Lipinski definition) is 8. The van der Waals surface area contributed by atoms with Gasteiger partial charge in [0.2, 0.25) is 5.95 Å². The molecule has 1 N–H and O–H groups in total. The van der Waals surface area contributed by atoms with E-state index in [0.717, 1.165) is 36.7 Å². The molecule has 1 fully saturated rings. The van der Waals surface area contributed by atoms with E-state index in [-0.39, 0.29) is 11.9 Å². The highest BCUT2D eigenvalue weighted by molar-refractivity contribution is 6.04. The summed E-state index contributed by atoms with van der Waals surface area (Å²) in [5.41, 5.74) is 2.64. The SMILES string of the molecule is C[C@H]1CN(c2ccccn2)CCN1c1ncc(NC(=O)c2ccc(-c3cnn(C)c3)nc2)cn1. The van der Waals surface area contributed by atoms with Crippen LogP contribution in [-0.2, 0) is 7.05 Å². The van der Waals surface area contributed by atoms with Gasteiger partial charge in [-0.05, 0) is 31.2 Å². The zero-order chi connectivity index (χ0) is 23.5. The summed E-state index contributed by atoms with van der Waals surface area (Å²) < 4.78 is 1.71. The molecule has 1 aliphatic rings. The molecule has 1 atom stereocenters. The Hall–Kier alpha value is -4.34. The van der Waals surface area contributed by atoms with Crippen LogP contribution in [0.2, 0.25) is 0 Å². The molecule has 0 aliphatic carbocycles. The highest BCUT2D eigenvalue weighted by atomic mass is 16.1. The van der Waals surface area contributed by atoms with Gasteiger partial charge in [0.25, 0.3) is 5.91 Å². The number of aryl methyl sites for hydroxylation is 1. The minimum Gasteiger partial charge on any atom is -0.353 e. The Kier molecular flexibility index (Phi) is 5.86. The molecule has 10 nitrogen and oxygen atoms in total. The van der Waals surface area contributed by atoms with Crippen molar-refractivity contribution in [2.24, 2.45) is 7.05 Å². The molecule has 0 radical (unpaired) electrons. The van der Waals surface area contributed by atoms with Crippen molar-refractivity contribution in [3.05, 3.63) is 73.1 Å². The van der Waals surface area contributed by atoms with Gasteiger partial charge in [0.1, 0.15) is 5.82 Å². The predicted octanol–water partition coefficient (Wildman–Crippen LogP) is 2.63. The van der Waals surface area contributed by atoms with Crippen LogP contribution in [0.5, 0.6) is 0 Å². The van der Waals surface area contributed by atoms with Gasteiger partial charge in [-0.2, -0.15) is 5.10 Å². The van der Waals surface area contributed by atoms with Gasteiger partial charge in [0.15, 0.2) is 0 Å². The number of nitrogens with one attached hydrogen (secondary N) is 1. The third-order valence-corrected chi connectivity index (χ3v) is 5.78. The van der Waals surface area contributed by atoms with E-state index < -0.39 is 0 Å². The van der Waals surface area contributed by atoms with E-state index in [0.29, 0.717) is 17.2 Å². The first-order valence-electron chi connectivity index (χ1n) is 11.1. The number of piperazine rings is 1. The summed E-state index contributed by atoms with van der Waals surface area (Å²) in [6.45, 7) is 4.61. The van der Waals surface area contributed by atoms with E-state index in [4.69, 9.17) is 0 Å². The van der Waals surface area contributed by atoms with Gasteiger partial charge < -0.3 is 15.1 Å². The first-order chi connectivity index (χ1) is 16.6. The lowest BCUT2D eigenvalue weighted by atomic mass is 10.2. The van der Waals surface area contributed by atoms with Gasteiger partial charge in [-0.15, -0.1) is 0 Å². The van der Waals surface area contributed by atoms with Crippen molar-refractivity contribution < 1.29 is 4.79 Å². The molecule has 0 bridgehead atoms. The first kappa shape index (κ1) is 21.5. The van der Waals surface area contributed by atoms with Crippen molar-refractivity contribution in [2.45, 2.75) is 13.0 Å². The maximum Gasteiger partial charge on any atom is 0.257 e. The van der Waals surface area contributed by atoms with E-state index in [1.54, 1.807) is 41.6 Å². The van der Waals surface area contributed by atoms with Crippen LogP contribution in [0.4, 0.5) is 17.5 Å². The van der Waals surface area contributed by atoms with Crippen LogP contribution in [0.3, 0.4) is 0 Å². The third kappa shape index (κ3) is 4.56. The molecule has 1 saturated heterocycles. The molecule has 4 aromatic heterocycles. The molecule has 0 aromatic carbocycles. The first-order valence-corrected chi connectivity index (χ1v) is 11.1. The molecule has 5 rings (SSSR count). The predicted molar refractivity (Wildman–Crippen MR) is 130 cm³/mol. The van der Waals surface area contributed by atoms with Crippen LogP contribution in [-0.4, -0.2) is 61.3 Å². The van der Waals surface area contributed by atoms with Crippen molar-refractivity contribution in [3.8, 4) is 11.3 Å². The molecular weight excluding hydrogens is 430 g/mol. The molecule has 0 spiro atoms. The van der Waals surface area contributed by atoms with Gasteiger partial charge in [-0.3, -0.25) is 14.5 Å². The quantitative estimate of drug-likeness (QED) is 0.490. The summed E-state index contributed by atoms with van der Waals surface area (Å²) in [5, 5.41) is 6.98. The number of carbonyl (C=O) groups is 1. The van der Waals surface area contributed by atoms with Gasteiger partial charge in [0.05, 0.1) is 35.5 Å². The molecule has 4 aromatic rings. The summed E-state index contributed by atoms with van der Waals surface area (Å²) in [4.78, 5) is 34.9. The van der Waals surface area contributed by atoms with E-state index >= 15 is 0 Å². The average Bonchev–Trinajstić information content (AvgIpc) is 3.31. The largest absolute Gasteiger partial charge is 0.353 e. The number of rotatable bonds is 5. The number of anilines is 3. The van der Waals surface area contributed by atoms with E-state index in [1.807, 2.05) is 37.6 Å². The number of aromatic nitrogens is 6. The second-order valence-corrected chi connectivity index (χ2v) is 8.24. The molecule has 10 heteroatoms. The lowest BCUT2D eigenvalue weighted by molar-refractivity contribution is 0.102. The number of pyridine rings is 2. The smallest absolute Gasteiger partial charge is 0.257 e. The van der Waals surface area contributed by atoms with Crippen molar-refractivity contribution in [1.82, 2.24) is 29.7 Å². The van der Waals surface area contributed by atoms with Crippen LogP contribution in [0, 0.1) is 0 Å². The summed E-state index contributed by atoms with van der Waals surface area (Å²) >= 11 is 0. The highest BCUT2D eigenvalue weighted by Gasteiger charge is 2.26. The van der Waals surface area contributed by atoms with Crippen molar-refractivity contribution in [1.29, 1.82) is 0 Å². The van der Waals surface area contributed by atoms with Gasteiger partial charge in [-0.1, -0.05) is 6.07 Å². The number of carbonyl (C=O) groups excluding carboxylic acids is 1. The zero-order valence-corrected chi connectivity index (χ0v) is 19.0. The third-order valence-electron chi connectivity index (χ3n) is 5.78. The van der Waals surface area contributed by atoms with Gasteiger partial charge in [-0.25, -0.2) is 15.0 Å². The average molecular weight is 456 g/mol. The monoisotopic (exact) mass is 455 g/mol. The van der Waals surface area contributed by atoms with Gasteiger partial charge >= 0.3 is 0 Å². The minimum atomic E-state index is -0.265. The molecule has 0 saturated carbocycles. The fourth-order valence-electron chi connectivity index (χ4n) is 3.99. The Morgan fingerprint density at radius 3 is 2.50 bits per heavy atom. The second kappa shape index (κ2) is 9.26. The fourth-order valence-corrected chi connectivity index (χ4v) is 3.99. The van der Waals surface area contributed by atoms with E-state index in [2.05, 4.69) is 47.1 Å². The number of hydrogen-bond donors (Lipinski definition) is 1. The van der Waals surface area contributed by atoms with Crippen molar-refractivity contribution >= 4 is 23.4 Å². The number of amides is 1. The van der Waals surface area contributed by atoms with Crippen LogP contribution < -0.4 is 15.1 Å². The minimum absolute atomic E-state index is 0.223. The second-order valence-electron chi connectivity index (χ2n) is 8.24. The normalized spacial score (nSPS) is 15.9. The Balaban J connectivity index is 1.20. The summed E-state index contributed by atoms with van der Waals surface area (Å²) in [5.74, 6) is 1.36. The maximum atomic E-state index is 12.6. The molecule has 34 heavy (non-hydrogen) atoms. The zero-order valence-electron chi connectivity index (χ0n) is 19.0. The summed E-state index contributed by atoms with van der Waals surface area (Å²) in [7, 11) is 1.85. The van der Waals surface area contributed by atoms with Crippen LogP contribution in [0.25, 0.3) is 11.3 Å². The topological polar surface area (TPSA) is 105 Å². The fraction of sp³-hybridized carbons (Fsp3) is 0.250. The molecule has 0 unspecified atom stereocenters. The van der Waals surface area contributed by atoms with Crippen LogP contribution in [0.1, 0.15) is 17.3 Å². The molecular formula is C24H25N9O. The van der Waals surface area contributed by atoms with Crippen LogP contribution in [0.15, 0.2) is 67.5 Å². The lowest BCUT2D eigenvalue weighted by Gasteiger charge is -2.40. The Labute approximate surface area is 197 Å². The van der Waals surface area contributed by atoms with E-state index in [1.165, 1.54) is 0 Å². The Morgan fingerprint density at radius 2 is 1.85 bits per heavy atom. The van der Waals surface area contributed by atoms with Crippen molar-refractivity contribution in [3.63, 3.8) is 0 Å².